The molecule has 0 aliphatic heterocycles. The quantitative estimate of drug-likeness (QED) is 0.636. The predicted molar refractivity (Wildman–Crippen MR) is 86.0 cm³/mol. The van der Waals surface area contributed by atoms with E-state index < -0.39 is 10.0 Å². The summed E-state index contributed by atoms with van der Waals surface area (Å²) >= 11 is 1.72. The number of hydrogen-bond acceptors (Lipinski definition) is 5. The molecule has 120 valence electrons. The normalized spacial score (nSPS) is 17.1. The fourth-order valence-electron chi connectivity index (χ4n) is 2.13. The van der Waals surface area contributed by atoms with Gasteiger partial charge in [-0.15, -0.1) is 0 Å². The van der Waals surface area contributed by atoms with Gasteiger partial charge in [0, 0.05) is 24.4 Å². The van der Waals surface area contributed by atoms with Crippen LogP contribution in [0.4, 0.5) is 0 Å². The van der Waals surface area contributed by atoms with Crippen LogP contribution in [-0.2, 0) is 16.6 Å². The van der Waals surface area contributed by atoms with Crippen LogP contribution in [-0.4, -0.2) is 42.2 Å². The van der Waals surface area contributed by atoms with Crippen molar-refractivity contribution in [2.75, 3.05) is 11.5 Å². The van der Waals surface area contributed by atoms with E-state index in [1.165, 1.54) is 0 Å². The monoisotopic (exact) mass is 332 g/mol. The van der Waals surface area contributed by atoms with Crippen LogP contribution in [0.25, 0.3) is 0 Å². The van der Waals surface area contributed by atoms with Crippen molar-refractivity contribution in [3.8, 4) is 0 Å². The Balaban J connectivity index is 2.08. The predicted octanol–water partition coefficient (Wildman–Crippen LogP) is 1.39. The lowest BCUT2D eigenvalue weighted by atomic mass is 10.3. The second-order valence-corrected chi connectivity index (χ2v) is 8.43. The average molecular weight is 332 g/mol. The molecule has 1 aliphatic carbocycles. The summed E-state index contributed by atoms with van der Waals surface area (Å²) in [7, 11) is -3.53. The van der Waals surface area contributed by atoms with Crippen molar-refractivity contribution in [2.24, 2.45) is 0 Å². The molecule has 0 spiro atoms. The van der Waals surface area contributed by atoms with E-state index in [1.54, 1.807) is 18.7 Å². The number of rotatable bonds is 9. The Labute approximate surface area is 130 Å². The maximum Gasteiger partial charge on any atom is 0.244 e. The standard InChI is InChI=1S/C13H24N4O2S2/c1-4-20-8-9(2)17-21(18,19)13-10(3)15-16-12(13)7-14-11-5-6-11/h9,11,14,17H,4-8H2,1-3H3,(H,15,16). The molecule has 1 unspecified atom stereocenters. The molecule has 1 aliphatic rings. The van der Waals surface area contributed by atoms with Crippen molar-refractivity contribution < 1.29 is 8.42 Å². The Morgan fingerprint density at radius 2 is 2.19 bits per heavy atom. The molecule has 2 rings (SSSR count). The number of sulfonamides is 1. The fraction of sp³-hybridized carbons (Fsp3) is 0.769. The van der Waals surface area contributed by atoms with Crippen LogP contribution in [0.3, 0.4) is 0 Å². The van der Waals surface area contributed by atoms with Crippen LogP contribution in [0.5, 0.6) is 0 Å². The van der Waals surface area contributed by atoms with Crippen LogP contribution in [0.15, 0.2) is 4.90 Å². The van der Waals surface area contributed by atoms with Gasteiger partial charge in [0.2, 0.25) is 10.0 Å². The van der Waals surface area contributed by atoms with E-state index in [0.29, 0.717) is 28.9 Å². The topological polar surface area (TPSA) is 86.9 Å². The number of thioether (sulfide) groups is 1. The molecule has 8 heteroatoms. The number of nitrogens with zero attached hydrogens (tertiary/aromatic N) is 1. The van der Waals surface area contributed by atoms with Crippen molar-refractivity contribution in [1.82, 2.24) is 20.2 Å². The second kappa shape index (κ2) is 7.13. The van der Waals surface area contributed by atoms with Crippen molar-refractivity contribution in [1.29, 1.82) is 0 Å². The van der Waals surface area contributed by atoms with Gasteiger partial charge in [-0.2, -0.15) is 16.9 Å². The highest BCUT2D eigenvalue weighted by molar-refractivity contribution is 7.99. The molecule has 6 nitrogen and oxygen atoms in total. The number of aromatic amines is 1. The summed E-state index contributed by atoms with van der Waals surface area (Å²) < 4.78 is 27.9. The van der Waals surface area contributed by atoms with Crippen LogP contribution in [0.1, 0.15) is 38.1 Å². The van der Waals surface area contributed by atoms with Crippen LogP contribution < -0.4 is 10.0 Å². The van der Waals surface area contributed by atoms with Gasteiger partial charge in [-0.3, -0.25) is 5.10 Å². The van der Waals surface area contributed by atoms with Gasteiger partial charge in [0.15, 0.2) is 0 Å². The molecule has 21 heavy (non-hydrogen) atoms. The molecule has 1 heterocycles. The molecular weight excluding hydrogens is 308 g/mol. The molecule has 0 radical (unpaired) electrons. The summed E-state index contributed by atoms with van der Waals surface area (Å²) in [6.07, 6.45) is 2.32. The van der Waals surface area contributed by atoms with E-state index in [9.17, 15) is 8.42 Å². The molecule has 1 aromatic rings. The van der Waals surface area contributed by atoms with Crippen LogP contribution in [0.2, 0.25) is 0 Å². The summed E-state index contributed by atoms with van der Waals surface area (Å²) in [4.78, 5) is 0.295. The zero-order valence-corrected chi connectivity index (χ0v) is 14.4. The molecule has 0 aromatic carbocycles. The van der Waals surface area contributed by atoms with E-state index in [4.69, 9.17) is 0 Å². The Kier molecular flexibility index (Phi) is 5.70. The summed E-state index contributed by atoms with van der Waals surface area (Å²) in [5.74, 6) is 1.75. The molecule has 1 saturated carbocycles. The highest BCUT2D eigenvalue weighted by Gasteiger charge is 2.27. The fourth-order valence-corrected chi connectivity index (χ4v) is 4.51. The van der Waals surface area contributed by atoms with Gasteiger partial charge in [-0.05, 0) is 32.4 Å². The number of aryl methyl sites for hydroxylation is 1. The first-order valence-electron chi connectivity index (χ1n) is 7.31. The zero-order valence-electron chi connectivity index (χ0n) is 12.8. The van der Waals surface area contributed by atoms with E-state index in [2.05, 4.69) is 27.2 Å². The van der Waals surface area contributed by atoms with Crippen LogP contribution in [0, 0.1) is 6.92 Å². The molecule has 0 saturated heterocycles. The van der Waals surface area contributed by atoms with Gasteiger partial charge in [0.05, 0.1) is 11.4 Å². The summed E-state index contributed by atoms with van der Waals surface area (Å²) in [6.45, 7) is 6.18. The third-order valence-corrected chi connectivity index (χ3v) is 6.23. The maximum atomic E-state index is 12.6. The van der Waals surface area contributed by atoms with Gasteiger partial charge in [-0.1, -0.05) is 6.92 Å². The van der Waals surface area contributed by atoms with Crippen LogP contribution >= 0.6 is 11.8 Å². The number of hydrogen-bond donors (Lipinski definition) is 3. The molecule has 0 bridgehead atoms. The molecule has 1 atom stereocenters. The minimum absolute atomic E-state index is 0.0986. The lowest BCUT2D eigenvalue weighted by molar-refractivity contribution is 0.567. The first kappa shape index (κ1) is 16.8. The Morgan fingerprint density at radius 3 is 2.81 bits per heavy atom. The van der Waals surface area contributed by atoms with Gasteiger partial charge in [0.1, 0.15) is 4.90 Å². The third-order valence-electron chi connectivity index (χ3n) is 3.29. The minimum Gasteiger partial charge on any atom is -0.308 e. The third kappa shape index (κ3) is 4.70. The Hall–Kier alpha value is -0.570. The SMILES string of the molecule is CCSCC(C)NS(=O)(=O)c1c(CNC2CC2)n[nH]c1C. The molecule has 1 aromatic heterocycles. The summed E-state index contributed by atoms with van der Waals surface area (Å²) in [5.41, 5.74) is 1.16. The average Bonchev–Trinajstić information content (AvgIpc) is 3.16. The first-order valence-corrected chi connectivity index (χ1v) is 9.95. The van der Waals surface area contributed by atoms with E-state index >= 15 is 0 Å². The van der Waals surface area contributed by atoms with E-state index in [0.717, 1.165) is 24.3 Å². The lowest BCUT2D eigenvalue weighted by Crippen LogP contribution is -2.35. The van der Waals surface area contributed by atoms with Crippen molar-refractivity contribution >= 4 is 21.8 Å². The lowest BCUT2D eigenvalue weighted by Gasteiger charge is -2.14. The largest absolute Gasteiger partial charge is 0.308 e. The van der Waals surface area contributed by atoms with Crippen molar-refractivity contribution in [2.45, 2.75) is 57.1 Å². The van der Waals surface area contributed by atoms with Gasteiger partial charge in [-0.25, -0.2) is 13.1 Å². The maximum absolute atomic E-state index is 12.6. The van der Waals surface area contributed by atoms with Gasteiger partial charge < -0.3 is 5.32 Å². The first-order chi connectivity index (χ1) is 9.94. The highest BCUT2D eigenvalue weighted by atomic mass is 32.2. The number of H-pyrrole nitrogens is 1. The number of nitrogens with one attached hydrogen (secondary N) is 3. The minimum atomic E-state index is -3.53. The van der Waals surface area contributed by atoms with Crippen molar-refractivity contribution in [3.63, 3.8) is 0 Å². The van der Waals surface area contributed by atoms with E-state index in [-0.39, 0.29) is 6.04 Å². The van der Waals surface area contributed by atoms with Gasteiger partial charge >= 0.3 is 0 Å². The number of aromatic nitrogens is 2. The summed E-state index contributed by atoms with van der Waals surface area (Å²) in [6, 6.07) is 0.420. The van der Waals surface area contributed by atoms with E-state index in [1.807, 2.05) is 6.92 Å². The second-order valence-electron chi connectivity index (χ2n) is 5.46. The highest BCUT2D eigenvalue weighted by Crippen LogP contribution is 2.22. The van der Waals surface area contributed by atoms with Crippen molar-refractivity contribution in [3.05, 3.63) is 11.4 Å². The molecule has 1 fully saturated rings. The Morgan fingerprint density at radius 1 is 1.48 bits per heavy atom. The van der Waals surface area contributed by atoms with Gasteiger partial charge in [0.25, 0.3) is 0 Å². The Bertz CT molecular complexity index is 567. The molecular formula is C13H24N4O2S2. The summed E-state index contributed by atoms with van der Waals surface area (Å²) in [5, 5.41) is 10.2. The molecule has 3 N–H and O–H groups in total. The molecule has 0 amide bonds. The zero-order chi connectivity index (χ0) is 15.5. The smallest absolute Gasteiger partial charge is 0.244 e.